The summed E-state index contributed by atoms with van der Waals surface area (Å²) >= 11 is 0. The molecule has 0 unspecified atom stereocenters. The van der Waals surface area contributed by atoms with Crippen LogP contribution in [0, 0.1) is 5.82 Å². The Bertz CT molecular complexity index is 727. The van der Waals surface area contributed by atoms with Crippen molar-refractivity contribution in [3.8, 4) is 0 Å². The molecule has 1 saturated heterocycles. The molecule has 0 aliphatic carbocycles. The topological polar surface area (TPSA) is 39.7 Å². The van der Waals surface area contributed by atoms with Crippen molar-refractivity contribution < 1.29 is 4.39 Å². The van der Waals surface area contributed by atoms with Crippen LogP contribution in [0.3, 0.4) is 0 Å². The van der Waals surface area contributed by atoms with Gasteiger partial charge in [-0.25, -0.2) is 4.39 Å². The molecule has 0 bridgehead atoms. The van der Waals surface area contributed by atoms with E-state index in [1.807, 2.05) is 6.07 Å². The van der Waals surface area contributed by atoms with Crippen molar-refractivity contribution in [2.45, 2.75) is 32.5 Å². The third-order valence-corrected chi connectivity index (χ3v) is 4.66. The van der Waals surface area contributed by atoms with Crippen LogP contribution in [0.4, 0.5) is 4.39 Å². The number of hydrogen-bond acceptors (Lipinski definition) is 2. The van der Waals surface area contributed by atoms with Crippen molar-refractivity contribution in [2.24, 2.45) is 4.99 Å². The molecule has 0 saturated carbocycles. The summed E-state index contributed by atoms with van der Waals surface area (Å²) in [5, 5.41) is 6.51. The Morgan fingerprint density at radius 2 is 1.59 bits per heavy atom. The van der Waals surface area contributed by atoms with Crippen molar-refractivity contribution in [3.63, 3.8) is 0 Å². The number of nitrogens with one attached hydrogen (secondary N) is 2. The first-order valence-electron chi connectivity index (χ1n) is 9.22. The number of aliphatic imine (C=N–C) groups is 1. The third kappa shape index (κ3) is 7.10. The zero-order valence-electron chi connectivity index (χ0n) is 15.7. The molecule has 146 valence electrons. The molecular formula is C21H28FIN4. The maximum absolute atomic E-state index is 13.2. The van der Waals surface area contributed by atoms with Crippen LogP contribution in [-0.2, 0) is 19.6 Å². The van der Waals surface area contributed by atoms with E-state index in [4.69, 9.17) is 0 Å². The van der Waals surface area contributed by atoms with E-state index < -0.39 is 0 Å². The Morgan fingerprint density at radius 1 is 0.963 bits per heavy atom. The highest BCUT2D eigenvalue weighted by molar-refractivity contribution is 14.0. The van der Waals surface area contributed by atoms with Gasteiger partial charge >= 0.3 is 0 Å². The minimum Gasteiger partial charge on any atom is -0.352 e. The van der Waals surface area contributed by atoms with Crippen molar-refractivity contribution in [1.82, 2.24) is 15.5 Å². The average Bonchev–Trinajstić information content (AvgIpc) is 3.16. The summed E-state index contributed by atoms with van der Waals surface area (Å²) in [6.45, 7) is 4.72. The lowest BCUT2D eigenvalue weighted by Crippen LogP contribution is -2.36. The number of guanidine groups is 1. The van der Waals surface area contributed by atoms with E-state index in [1.54, 1.807) is 13.1 Å². The molecule has 6 heteroatoms. The van der Waals surface area contributed by atoms with E-state index in [1.165, 1.54) is 49.2 Å². The fourth-order valence-corrected chi connectivity index (χ4v) is 3.20. The molecule has 1 heterocycles. The minimum absolute atomic E-state index is 0. The molecule has 2 aromatic carbocycles. The maximum atomic E-state index is 13.2. The first-order valence-corrected chi connectivity index (χ1v) is 9.22. The predicted molar refractivity (Wildman–Crippen MR) is 120 cm³/mol. The van der Waals surface area contributed by atoms with E-state index in [0.717, 1.165) is 12.1 Å². The van der Waals surface area contributed by atoms with Crippen LogP contribution in [0.1, 0.15) is 29.5 Å². The maximum Gasteiger partial charge on any atom is 0.191 e. The van der Waals surface area contributed by atoms with Gasteiger partial charge < -0.3 is 10.6 Å². The summed E-state index contributed by atoms with van der Waals surface area (Å²) in [6, 6.07) is 15.3. The fraction of sp³-hybridized carbons (Fsp3) is 0.381. The van der Waals surface area contributed by atoms with E-state index in [2.05, 4.69) is 44.8 Å². The van der Waals surface area contributed by atoms with Crippen LogP contribution in [0.25, 0.3) is 0 Å². The molecule has 0 amide bonds. The van der Waals surface area contributed by atoms with Crippen molar-refractivity contribution in [1.29, 1.82) is 0 Å². The lowest BCUT2D eigenvalue weighted by Gasteiger charge is -2.15. The van der Waals surface area contributed by atoms with Crippen molar-refractivity contribution in [3.05, 3.63) is 71.0 Å². The van der Waals surface area contributed by atoms with E-state index in [-0.39, 0.29) is 29.8 Å². The standard InChI is InChI=1S/C21H27FN4.HI/c1-23-21(25-15-19-5-4-6-20(22)13-19)24-14-17-7-9-18(10-8-17)16-26-11-2-3-12-26;/h4-10,13H,2-3,11-12,14-16H2,1H3,(H2,23,24,25);1H. The van der Waals surface area contributed by atoms with Gasteiger partial charge in [0.1, 0.15) is 5.82 Å². The van der Waals surface area contributed by atoms with Gasteiger partial charge in [0.25, 0.3) is 0 Å². The SMILES string of the molecule is CN=C(NCc1ccc(CN2CCCC2)cc1)NCc1cccc(F)c1.I. The number of nitrogens with zero attached hydrogens (tertiary/aromatic N) is 2. The molecular weight excluding hydrogens is 454 g/mol. The molecule has 2 aromatic rings. The number of likely N-dealkylation sites (tertiary alicyclic amines) is 1. The molecule has 1 fully saturated rings. The Balaban J connectivity index is 0.00000261. The molecule has 4 nitrogen and oxygen atoms in total. The normalized spacial score (nSPS) is 14.7. The largest absolute Gasteiger partial charge is 0.352 e. The Kier molecular flexibility index (Phi) is 9.00. The second kappa shape index (κ2) is 11.2. The van der Waals surface area contributed by atoms with Crippen LogP contribution >= 0.6 is 24.0 Å². The average molecular weight is 482 g/mol. The third-order valence-electron chi connectivity index (χ3n) is 4.66. The highest BCUT2D eigenvalue weighted by Crippen LogP contribution is 2.13. The van der Waals surface area contributed by atoms with Crippen LogP contribution in [0.5, 0.6) is 0 Å². The second-order valence-corrected chi connectivity index (χ2v) is 6.71. The number of rotatable bonds is 6. The van der Waals surface area contributed by atoms with Gasteiger partial charge in [-0.1, -0.05) is 36.4 Å². The Labute approximate surface area is 178 Å². The molecule has 0 spiro atoms. The van der Waals surface area contributed by atoms with Gasteiger partial charge in [-0.05, 0) is 54.8 Å². The van der Waals surface area contributed by atoms with Gasteiger partial charge in [0, 0.05) is 26.7 Å². The zero-order valence-corrected chi connectivity index (χ0v) is 18.1. The summed E-state index contributed by atoms with van der Waals surface area (Å²) in [6.07, 6.45) is 2.65. The van der Waals surface area contributed by atoms with E-state index in [0.29, 0.717) is 19.0 Å². The zero-order chi connectivity index (χ0) is 18.2. The first-order chi connectivity index (χ1) is 12.7. The summed E-state index contributed by atoms with van der Waals surface area (Å²) in [5.41, 5.74) is 3.47. The molecule has 0 aromatic heterocycles. The summed E-state index contributed by atoms with van der Waals surface area (Å²) in [5.74, 6) is 0.483. The summed E-state index contributed by atoms with van der Waals surface area (Å²) < 4.78 is 13.2. The smallest absolute Gasteiger partial charge is 0.191 e. The van der Waals surface area contributed by atoms with Crippen LogP contribution < -0.4 is 10.6 Å². The molecule has 2 N–H and O–H groups in total. The van der Waals surface area contributed by atoms with E-state index >= 15 is 0 Å². The Morgan fingerprint density at radius 3 is 2.22 bits per heavy atom. The van der Waals surface area contributed by atoms with Gasteiger partial charge in [-0.3, -0.25) is 9.89 Å². The quantitative estimate of drug-likeness (QED) is 0.373. The minimum atomic E-state index is -0.221. The molecule has 3 rings (SSSR count). The monoisotopic (exact) mass is 482 g/mol. The number of benzene rings is 2. The van der Waals surface area contributed by atoms with Crippen LogP contribution in [0.2, 0.25) is 0 Å². The second-order valence-electron chi connectivity index (χ2n) is 6.71. The predicted octanol–water partition coefficient (Wildman–Crippen LogP) is 3.90. The van der Waals surface area contributed by atoms with Gasteiger partial charge in [0.15, 0.2) is 5.96 Å². The van der Waals surface area contributed by atoms with Gasteiger partial charge in [0.05, 0.1) is 0 Å². The molecule has 0 radical (unpaired) electrons. The Hall–Kier alpha value is -1.67. The van der Waals surface area contributed by atoms with Gasteiger partial charge in [0.2, 0.25) is 0 Å². The number of halogens is 2. The molecule has 27 heavy (non-hydrogen) atoms. The van der Waals surface area contributed by atoms with Gasteiger partial charge in [-0.15, -0.1) is 24.0 Å². The van der Waals surface area contributed by atoms with Gasteiger partial charge in [-0.2, -0.15) is 0 Å². The van der Waals surface area contributed by atoms with Crippen LogP contribution in [0.15, 0.2) is 53.5 Å². The van der Waals surface area contributed by atoms with Crippen molar-refractivity contribution >= 4 is 29.9 Å². The summed E-state index contributed by atoms with van der Waals surface area (Å²) in [4.78, 5) is 6.73. The van der Waals surface area contributed by atoms with Crippen LogP contribution in [-0.4, -0.2) is 31.0 Å². The highest BCUT2D eigenvalue weighted by atomic mass is 127. The molecule has 0 atom stereocenters. The lowest BCUT2D eigenvalue weighted by atomic mass is 10.1. The first kappa shape index (κ1) is 21.6. The number of hydrogen-bond donors (Lipinski definition) is 2. The lowest BCUT2D eigenvalue weighted by molar-refractivity contribution is 0.331. The summed E-state index contributed by atoms with van der Waals surface area (Å²) in [7, 11) is 1.74. The fourth-order valence-electron chi connectivity index (χ4n) is 3.20. The molecule has 1 aliphatic rings. The highest BCUT2D eigenvalue weighted by Gasteiger charge is 2.11. The van der Waals surface area contributed by atoms with Crippen molar-refractivity contribution in [2.75, 3.05) is 20.1 Å². The molecule has 1 aliphatic heterocycles. The van der Waals surface area contributed by atoms with E-state index in [9.17, 15) is 4.39 Å².